The predicted molar refractivity (Wildman–Crippen MR) is 63.4 cm³/mol. The lowest BCUT2D eigenvalue weighted by atomic mass is 10.2. The number of aliphatic carboxylic acids is 1. The van der Waals surface area contributed by atoms with Gasteiger partial charge in [-0.25, -0.2) is 0 Å². The third-order valence-electron chi connectivity index (χ3n) is 3.16. The number of carboxylic acid groups (broad SMARTS) is 1. The van der Waals surface area contributed by atoms with E-state index in [-0.39, 0.29) is 0 Å². The molecule has 0 fully saturated rings. The van der Waals surface area contributed by atoms with Crippen molar-refractivity contribution in [2.75, 3.05) is 0 Å². The number of rotatable bonds is 7. The summed E-state index contributed by atoms with van der Waals surface area (Å²) in [4.78, 5) is 10.7. The molecule has 90 valence electrons. The van der Waals surface area contributed by atoms with Crippen LogP contribution in [0.25, 0.3) is 0 Å². The van der Waals surface area contributed by atoms with Crippen LogP contribution < -0.4 is 5.73 Å². The summed E-state index contributed by atoms with van der Waals surface area (Å²) < 4.78 is 5.94. The maximum absolute atomic E-state index is 10.7. The Hall–Kier alpha value is -0.393. The van der Waals surface area contributed by atoms with Gasteiger partial charge in [0.25, 0.3) is 0 Å². The van der Waals surface area contributed by atoms with Gasteiger partial charge in [0.05, 0.1) is 6.10 Å². The van der Waals surface area contributed by atoms with Gasteiger partial charge in [0, 0.05) is 0 Å². The second-order valence-electron chi connectivity index (χ2n) is 3.93. The number of carboxylic acids is 1. The minimum absolute atomic E-state index is 0.394. The third kappa shape index (κ3) is 3.93. The average Bonchev–Trinajstić information content (AvgIpc) is 2.24. The molecule has 0 saturated carbocycles. The molecule has 0 saturated heterocycles. The van der Waals surface area contributed by atoms with Crippen molar-refractivity contribution in [3.63, 3.8) is 0 Å². The summed E-state index contributed by atoms with van der Waals surface area (Å²) in [5.74, 6) is -0.992. The molecule has 0 bridgehead atoms. The van der Waals surface area contributed by atoms with E-state index >= 15 is 0 Å². The zero-order valence-electron chi connectivity index (χ0n) is 10.1. The fourth-order valence-corrected chi connectivity index (χ4v) is 4.60. The first-order valence-electron chi connectivity index (χ1n) is 5.58. The molecule has 0 aliphatic rings. The molecule has 0 heterocycles. The molecular weight excluding hydrogens is 210 g/mol. The van der Waals surface area contributed by atoms with Crippen LogP contribution in [0.3, 0.4) is 0 Å². The minimum atomic E-state index is -1.73. The lowest BCUT2D eigenvalue weighted by Gasteiger charge is -2.33. The summed E-state index contributed by atoms with van der Waals surface area (Å²) in [5, 5.41) is 8.78. The van der Waals surface area contributed by atoms with Gasteiger partial charge in [-0.05, 0) is 25.1 Å². The normalized spacial score (nSPS) is 16.1. The van der Waals surface area contributed by atoms with Crippen molar-refractivity contribution < 1.29 is 14.3 Å². The van der Waals surface area contributed by atoms with Gasteiger partial charge in [-0.15, -0.1) is 0 Å². The number of carbonyl (C=O) groups is 1. The summed E-state index contributed by atoms with van der Waals surface area (Å²) >= 11 is 0. The Balaban J connectivity index is 4.47. The molecule has 0 radical (unpaired) electrons. The van der Waals surface area contributed by atoms with Crippen LogP contribution in [-0.2, 0) is 9.22 Å². The lowest BCUT2D eigenvalue weighted by molar-refractivity contribution is -0.140. The van der Waals surface area contributed by atoms with Crippen LogP contribution in [0.5, 0.6) is 0 Å². The molecule has 2 atom stereocenters. The minimum Gasteiger partial charge on any atom is -0.480 e. The lowest BCUT2D eigenvalue weighted by Crippen LogP contribution is -2.48. The molecule has 4 nitrogen and oxygen atoms in total. The molecule has 0 aromatic carbocycles. The van der Waals surface area contributed by atoms with E-state index in [9.17, 15) is 4.79 Å². The zero-order valence-corrected chi connectivity index (χ0v) is 11.1. The van der Waals surface area contributed by atoms with E-state index in [0.717, 1.165) is 18.1 Å². The Morgan fingerprint density at radius 2 is 1.73 bits per heavy atom. The molecule has 0 rings (SSSR count). The number of hydrogen-bond acceptors (Lipinski definition) is 3. The fraction of sp³-hybridized carbons (Fsp3) is 0.900. The Kier molecular flexibility index (Phi) is 6.08. The van der Waals surface area contributed by atoms with Crippen LogP contribution in [0.15, 0.2) is 0 Å². The van der Waals surface area contributed by atoms with Crippen molar-refractivity contribution in [2.24, 2.45) is 5.73 Å². The van der Waals surface area contributed by atoms with Crippen LogP contribution in [0.2, 0.25) is 18.1 Å². The third-order valence-corrected chi connectivity index (χ3v) is 7.90. The number of nitrogens with two attached hydrogens (primary N) is 1. The van der Waals surface area contributed by atoms with Gasteiger partial charge in [-0.2, -0.15) is 0 Å². The maximum atomic E-state index is 10.7. The Labute approximate surface area is 92.9 Å². The van der Waals surface area contributed by atoms with Crippen LogP contribution >= 0.6 is 0 Å². The van der Waals surface area contributed by atoms with E-state index in [1.54, 1.807) is 6.92 Å². The highest BCUT2D eigenvalue weighted by molar-refractivity contribution is 6.73. The monoisotopic (exact) mass is 233 g/mol. The quantitative estimate of drug-likeness (QED) is 0.658. The van der Waals surface area contributed by atoms with E-state index in [2.05, 4.69) is 20.8 Å². The summed E-state index contributed by atoms with van der Waals surface area (Å²) in [6.07, 6.45) is -0.394. The Bertz CT molecular complexity index is 199. The molecule has 15 heavy (non-hydrogen) atoms. The summed E-state index contributed by atoms with van der Waals surface area (Å²) in [6.45, 7) is 8.08. The smallest absolute Gasteiger partial charge is 0.323 e. The molecule has 5 heteroatoms. The molecule has 0 aromatic heterocycles. The first kappa shape index (κ1) is 14.6. The molecular formula is C10H23NO3Si. The molecule has 0 aromatic rings. The second kappa shape index (κ2) is 6.25. The van der Waals surface area contributed by atoms with Gasteiger partial charge in [0.1, 0.15) is 6.04 Å². The topological polar surface area (TPSA) is 72.5 Å². The van der Waals surface area contributed by atoms with Gasteiger partial charge in [-0.3, -0.25) is 4.79 Å². The summed E-state index contributed by atoms with van der Waals surface area (Å²) in [5.41, 5.74) is 5.53. The highest BCUT2D eigenvalue weighted by Crippen LogP contribution is 2.23. The largest absolute Gasteiger partial charge is 0.480 e. The van der Waals surface area contributed by atoms with Gasteiger partial charge >= 0.3 is 5.97 Å². The zero-order chi connectivity index (χ0) is 12.1. The standard InChI is InChI=1S/C10H23NO3Si/c1-5-15(6-2,7-3)14-8(4)9(11)10(12)13/h8-9H,5-7,11H2,1-4H3,(H,12,13). The van der Waals surface area contributed by atoms with Crippen molar-refractivity contribution in [1.29, 1.82) is 0 Å². The molecule has 0 spiro atoms. The van der Waals surface area contributed by atoms with Gasteiger partial charge in [0.15, 0.2) is 8.32 Å². The highest BCUT2D eigenvalue weighted by Gasteiger charge is 2.33. The van der Waals surface area contributed by atoms with E-state index in [0.29, 0.717) is 0 Å². The van der Waals surface area contributed by atoms with E-state index < -0.39 is 26.4 Å². The first-order chi connectivity index (χ1) is 6.92. The van der Waals surface area contributed by atoms with E-state index in [1.807, 2.05) is 0 Å². The SMILES string of the molecule is CC[Si](CC)(CC)OC(C)C(N)C(=O)O. The molecule has 0 aliphatic carbocycles. The molecule has 2 unspecified atom stereocenters. The maximum Gasteiger partial charge on any atom is 0.323 e. The number of hydrogen-bond donors (Lipinski definition) is 2. The van der Waals surface area contributed by atoms with Crippen molar-refractivity contribution >= 4 is 14.3 Å². The van der Waals surface area contributed by atoms with Crippen LogP contribution in [0.4, 0.5) is 0 Å². The molecule has 0 amide bonds. The van der Waals surface area contributed by atoms with Crippen molar-refractivity contribution in [3.8, 4) is 0 Å². The Morgan fingerprint density at radius 3 is 2.00 bits per heavy atom. The van der Waals surface area contributed by atoms with Crippen molar-refractivity contribution in [3.05, 3.63) is 0 Å². The second-order valence-corrected chi connectivity index (χ2v) is 8.65. The summed E-state index contributed by atoms with van der Waals surface area (Å²) in [7, 11) is -1.73. The molecule has 3 N–H and O–H groups in total. The van der Waals surface area contributed by atoms with Crippen molar-refractivity contribution in [2.45, 2.75) is 58.0 Å². The first-order valence-corrected chi connectivity index (χ1v) is 8.11. The highest BCUT2D eigenvalue weighted by atomic mass is 28.4. The van der Waals surface area contributed by atoms with Gasteiger partial charge < -0.3 is 15.3 Å². The molecule has 0 aliphatic heterocycles. The summed E-state index contributed by atoms with van der Waals surface area (Å²) in [6, 6.07) is 2.12. The van der Waals surface area contributed by atoms with Gasteiger partial charge in [-0.1, -0.05) is 20.8 Å². The van der Waals surface area contributed by atoms with E-state index in [4.69, 9.17) is 15.3 Å². The Morgan fingerprint density at radius 1 is 1.33 bits per heavy atom. The fourth-order valence-electron chi connectivity index (χ4n) is 1.67. The van der Waals surface area contributed by atoms with Crippen LogP contribution in [0.1, 0.15) is 27.7 Å². The van der Waals surface area contributed by atoms with Crippen LogP contribution in [0, 0.1) is 0 Å². The van der Waals surface area contributed by atoms with E-state index in [1.165, 1.54) is 0 Å². The van der Waals surface area contributed by atoms with Crippen LogP contribution in [-0.4, -0.2) is 31.5 Å². The van der Waals surface area contributed by atoms with Crippen molar-refractivity contribution in [1.82, 2.24) is 0 Å². The predicted octanol–water partition coefficient (Wildman–Crippen LogP) is 1.81. The average molecular weight is 233 g/mol. The van der Waals surface area contributed by atoms with Gasteiger partial charge in [0.2, 0.25) is 0 Å².